The molecule has 1 aliphatic rings. The average molecular weight is 402 g/mol. The zero-order chi connectivity index (χ0) is 20.1. The van der Waals surface area contributed by atoms with Gasteiger partial charge in [-0.15, -0.1) is 11.3 Å². The van der Waals surface area contributed by atoms with E-state index in [-0.39, 0.29) is 11.3 Å². The van der Waals surface area contributed by atoms with Crippen molar-refractivity contribution in [1.82, 2.24) is 14.8 Å². The first kappa shape index (κ1) is 20.8. The van der Waals surface area contributed by atoms with Crippen LogP contribution in [0.3, 0.4) is 0 Å². The number of aromatic nitrogens is 1. The average Bonchev–Trinajstić information content (AvgIpc) is 3.01. The van der Waals surface area contributed by atoms with Crippen molar-refractivity contribution in [3.05, 3.63) is 45.9 Å². The Morgan fingerprint density at radius 2 is 1.89 bits per heavy atom. The molecule has 2 aromatic rings. The Kier molecular flexibility index (Phi) is 6.73. The van der Waals surface area contributed by atoms with Crippen LogP contribution in [0.25, 0.3) is 0 Å². The SMILES string of the molecule is COc1ccc(CC(=O)N2CCCN(Cc3csc(C(C)(C)C)n3)CC2)cc1. The molecular weight excluding hydrogens is 370 g/mol. The normalized spacial score (nSPS) is 16.1. The second-order valence-corrected chi connectivity index (χ2v) is 9.29. The van der Waals surface area contributed by atoms with E-state index in [1.807, 2.05) is 29.2 Å². The first-order valence-electron chi connectivity index (χ1n) is 9.93. The van der Waals surface area contributed by atoms with Crippen molar-refractivity contribution in [3.8, 4) is 5.75 Å². The van der Waals surface area contributed by atoms with Gasteiger partial charge >= 0.3 is 0 Å². The van der Waals surface area contributed by atoms with Gasteiger partial charge in [-0.05, 0) is 24.1 Å². The fourth-order valence-corrected chi connectivity index (χ4v) is 4.26. The summed E-state index contributed by atoms with van der Waals surface area (Å²) in [5.41, 5.74) is 2.28. The minimum absolute atomic E-state index is 0.104. The number of ether oxygens (including phenoxy) is 1. The number of nitrogens with zero attached hydrogens (tertiary/aromatic N) is 3. The summed E-state index contributed by atoms with van der Waals surface area (Å²) in [5.74, 6) is 1.02. The van der Waals surface area contributed by atoms with Crippen LogP contribution >= 0.6 is 11.3 Å². The number of benzene rings is 1. The molecule has 1 aromatic carbocycles. The third kappa shape index (κ3) is 5.55. The lowest BCUT2D eigenvalue weighted by Gasteiger charge is -2.22. The molecule has 3 rings (SSSR count). The summed E-state index contributed by atoms with van der Waals surface area (Å²) in [7, 11) is 1.65. The summed E-state index contributed by atoms with van der Waals surface area (Å²) in [6.45, 7) is 11.0. The second-order valence-electron chi connectivity index (χ2n) is 8.43. The van der Waals surface area contributed by atoms with E-state index in [2.05, 4.69) is 31.1 Å². The topological polar surface area (TPSA) is 45.7 Å². The maximum atomic E-state index is 12.7. The van der Waals surface area contributed by atoms with Gasteiger partial charge in [0.2, 0.25) is 5.91 Å². The summed E-state index contributed by atoms with van der Waals surface area (Å²) in [4.78, 5) is 22.0. The highest BCUT2D eigenvalue weighted by molar-refractivity contribution is 7.09. The van der Waals surface area contributed by atoms with E-state index >= 15 is 0 Å². The van der Waals surface area contributed by atoms with Gasteiger partial charge in [-0.25, -0.2) is 4.98 Å². The van der Waals surface area contributed by atoms with Crippen molar-refractivity contribution >= 4 is 17.2 Å². The molecule has 1 fully saturated rings. The van der Waals surface area contributed by atoms with Crippen LogP contribution in [0.1, 0.15) is 43.5 Å². The maximum absolute atomic E-state index is 12.7. The Morgan fingerprint density at radius 1 is 1.14 bits per heavy atom. The number of rotatable bonds is 5. The highest BCUT2D eigenvalue weighted by Crippen LogP contribution is 2.26. The fourth-order valence-electron chi connectivity index (χ4n) is 3.36. The van der Waals surface area contributed by atoms with Gasteiger partial charge in [-0.1, -0.05) is 32.9 Å². The lowest BCUT2D eigenvalue weighted by Crippen LogP contribution is -2.36. The summed E-state index contributed by atoms with van der Waals surface area (Å²) in [5, 5.41) is 3.37. The fraction of sp³-hybridized carbons (Fsp3) is 0.545. The van der Waals surface area contributed by atoms with Crippen molar-refractivity contribution < 1.29 is 9.53 Å². The molecule has 1 aliphatic heterocycles. The first-order chi connectivity index (χ1) is 13.3. The molecule has 0 spiro atoms. The number of carbonyl (C=O) groups is 1. The van der Waals surface area contributed by atoms with Crippen molar-refractivity contribution in [3.63, 3.8) is 0 Å². The molecule has 0 radical (unpaired) electrons. The molecule has 0 saturated carbocycles. The Morgan fingerprint density at radius 3 is 2.54 bits per heavy atom. The van der Waals surface area contributed by atoms with Crippen LogP contribution in [-0.4, -0.2) is 54.0 Å². The van der Waals surface area contributed by atoms with Gasteiger partial charge in [0.05, 0.1) is 24.2 Å². The van der Waals surface area contributed by atoms with Gasteiger partial charge in [-0.3, -0.25) is 9.69 Å². The van der Waals surface area contributed by atoms with E-state index in [0.717, 1.165) is 56.2 Å². The van der Waals surface area contributed by atoms with Crippen LogP contribution in [0, 0.1) is 0 Å². The molecule has 0 N–H and O–H groups in total. The standard InChI is InChI=1S/C22H31N3O2S/c1-22(2,3)21-23-18(16-28-21)15-24-10-5-11-25(13-12-24)20(26)14-17-6-8-19(27-4)9-7-17/h6-9,16H,5,10-15H2,1-4H3. The van der Waals surface area contributed by atoms with E-state index in [0.29, 0.717) is 6.42 Å². The van der Waals surface area contributed by atoms with Gasteiger partial charge in [-0.2, -0.15) is 0 Å². The van der Waals surface area contributed by atoms with Crippen LogP contribution in [0.5, 0.6) is 5.75 Å². The number of carbonyl (C=O) groups excluding carboxylic acids is 1. The molecule has 1 saturated heterocycles. The molecule has 0 unspecified atom stereocenters. The minimum Gasteiger partial charge on any atom is -0.497 e. The maximum Gasteiger partial charge on any atom is 0.227 e. The van der Waals surface area contributed by atoms with Gasteiger partial charge in [0.25, 0.3) is 0 Å². The Labute approximate surface area is 172 Å². The zero-order valence-corrected chi connectivity index (χ0v) is 18.2. The molecule has 5 nitrogen and oxygen atoms in total. The third-order valence-corrected chi connectivity index (χ3v) is 6.35. The zero-order valence-electron chi connectivity index (χ0n) is 17.4. The molecule has 1 aromatic heterocycles. The summed E-state index contributed by atoms with van der Waals surface area (Å²) < 4.78 is 5.18. The van der Waals surface area contributed by atoms with Crippen LogP contribution in [0.15, 0.2) is 29.6 Å². The number of hydrogen-bond donors (Lipinski definition) is 0. The van der Waals surface area contributed by atoms with Gasteiger partial charge < -0.3 is 9.64 Å². The number of hydrogen-bond acceptors (Lipinski definition) is 5. The van der Waals surface area contributed by atoms with E-state index in [4.69, 9.17) is 9.72 Å². The van der Waals surface area contributed by atoms with Gasteiger partial charge in [0.1, 0.15) is 5.75 Å². The quantitative estimate of drug-likeness (QED) is 0.766. The second kappa shape index (κ2) is 9.05. The molecule has 28 heavy (non-hydrogen) atoms. The summed E-state index contributed by atoms with van der Waals surface area (Å²) in [6.07, 6.45) is 1.45. The Balaban J connectivity index is 1.52. The van der Waals surface area contributed by atoms with E-state index < -0.39 is 0 Å². The largest absolute Gasteiger partial charge is 0.497 e. The molecule has 0 aliphatic carbocycles. The highest BCUT2D eigenvalue weighted by atomic mass is 32.1. The lowest BCUT2D eigenvalue weighted by molar-refractivity contribution is -0.130. The number of amides is 1. The van der Waals surface area contributed by atoms with Gasteiger partial charge in [0, 0.05) is 43.5 Å². The van der Waals surface area contributed by atoms with E-state index in [9.17, 15) is 4.79 Å². The van der Waals surface area contributed by atoms with Crippen LogP contribution in [-0.2, 0) is 23.2 Å². The van der Waals surface area contributed by atoms with Crippen molar-refractivity contribution in [1.29, 1.82) is 0 Å². The van der Waals surface area contributed by atoms with Crippen molar-refractivity contribution in [2.45, 2.75) is 45.6 Å². The number of methoxy groups -OCH3 is 1. The van der Waals surface area contributed by atoms with E-state index in [1.54, 1.807) is 18.4 Å². The third-order valence-electron chi connectivity index (χ3n) is 5.03. The smallest absolute Gasteiger partial charge is 0.227 e. The van der Waals surface area contributed by atoms with Crippen molar-refractivity contribution in [2.75, 3.05) is 33.3 Å². The monoisotopic (exact) mass is 401 g/mol. The summed E-state index contributed by atoms with van der Waals surface area (Å²) >= 11 is 1.75. The molecule has 0 bridgehead atoms. The molecular formula is C22H31N3O2S. The van der Waals surface area contributed by atoms with Gasteiger partial charge in [0.15, 0.2) is 0 Å². The lowest BCUT2D eigenvalue weighted by atomic mass is 9.98. The molecule has 2 heterocycles. The highest BCUT2D eigenvalue weighted by Gasteiger charge is 2.22. The summed E-state index contributed by atoms with van der Waals surface area (Å²) in [6, 6.07) is 7.75. The number of thiazole rings is 1. The molecule has 1 amide bonds. The van der Waals surface area contributed by atoms with Crippen molar-refractivity contribution in [2.24, 2.45) is 0 Å². The first-order valence-corrected chi connectivity index (χ1v) is 10.8. The Bertz CT molecular complexity index is 780. The predicted octanol–water partition coefficient (Wildman–Crippen LogP) is 3.73. The Hall–Kier alpha value is -1.92. The van der Waals surface area contributed by atoms with Crippen LogP contribution in [0.2, 0.25) is 0 Å². The minimum atomic E-state index is 0.104. The molecule has 6 heteroatoms. The molecule has 152 valence electrons. The van der Waals surface area contributed by atoms with E-state index in [1.165, 1.54) is 5.01 Å². The van der Waals surface area contributed by atoms with Crippen LogP contribution in [0.4, 0.5) is 0 Å². The molecule has 0 atom stereocenters. The predicted molar refractivity (Wildman–Crippen MR) is 114 cm³/mol. The van der Waals surface area contributed by atoms with Crippen LogP contribution < -0.4 is 4.74 Å².